The maximum absolute atomic E-state index is 9.24. The Labute approximate surface area is 120 Å². The van der Waals surface area contributed by atoms with Gasteiger partial charge in [0.2, 0.25) is 0 Å². The highest BCUT2D eigenvalue weighted by Gasteiger charge is 2.32. The standard InChI is InChI=1S/C15H22N4O/c1-12-3-6-18-14(13(12)9-16)19-10-15(11-20-2)4-7-17-8-5-15/h3,6,17H,4-5,7-8,10-11H2,1-2H3,(H,18,19). The summed E-state index contributed by atoms with van der Waals surface area (Å²) in [6.07, 6.45) is 3.88. The summed E-state index contributed by atoms with van der Waals surface area (Å²) in [6, 6.07) is 4.09. The van der Waals surface area contributed by atoms with Crippen LogP contribution in [0.5, 0.6) is 0 Å². The minimum atomic E-state index is 0.123. The lowest BCUT2D eigenvalue weighted by molar-refractivity contribution is 0.0635. The van der Waals surface area contributed by atoms with Crippen LogP contribution in [0.2, 0.25) is 0 Å². The third-order valence-electron chi connectivity index (χ3n) is 4.02. The summed E-state index contributed by atoms with van der Waals surface area (Å²) < 4.78 is 5.40. The average Bonchev–Trinajstić information content (AvgIpc) is 2.46. The molecule has 2 N–H and O–H groups in total. The molecule has 0 amide bonds. The SMILES string of the molecule is COCC1(CNc2nccc(C)c2C#N)CCNCC1. The topological polar surface area (TPSA) is 70.0 Å². The van der Waals surface area contributed by atoms with Crippen molar-refractivity contribution < 1.29 is 4.74 Å². The Morgan fingerprint density at radius 1 is 1.50 bits per heavy atom. The summed E-state index contributed by atoms with van der Waals surface area (Å²) in [4.78, 5) is 4.30. The van der Waals surface area contributed by atoms with Crippen molar-refractivity contribution in [3.8, 4) is 6.07 Å². The van der Waals surface area contributed by atoms with E-state index in [0.717, 1.165) is 44.6 Å². The van der Waals surface area contributed by atoms with E-state index in [1.165, 1.54) is 0 Å². The molecule has 1 aromatic heterocycles. The molecule has 0 spiro atoms. The molecule has 0 atom stereocenters. The first-order valence-corrected chi connectivity index (χ1v) is 7.00. The molecule has 0 saturated carbocycles. The lowest BCUT2D eigenvalue weighted by Gasteiger charge is -2.37. The van der Waals surface area contributed by atoms with E-state index in [1.54, 1.807) is 13.3 Å². The predicted molar refractivity (Wildman–Crippen MR) is 78.6 cm³/mol. The predicted octanol–water partition coefficient (Wildman–Crippen LogP) is 1.69. The van der Waals surface area contributed by atoms with Gasteiger partial charge in [0.1, 0.15) is 11.9 Å². The Kier molecular flexibility index (Phi) is 4.94. The maximum atomic E-state index is 9.24. The number of ether oxygens (including phenoxy) is 1. The average molecular weight is 274 g/mol. The summed E-state index contributed by atoms with van der Waals surface area (Å²) in [5.74, 6) is 0.682. The summed E-state index contributed by atoms with van der Waals surface area (Å²) in [7, 11) is 1.75. The van der Waals surface area contributed by atoms with Crippen LogP contribution >= 0.6 is 0 Å². The van der Waals surface area contributed by atoms with Gasteiger partial charge in [-0.25, -0.2) is 4.98 Å². The van der Waals surface area contributed by atoms with E-state index in [-0.39, 0.29) is 5.41 Å². The zero-order valence-corrected chi connectivity index (χ0v) is 12.2. The second kappa shape index (κ2) is 6.69. The molecule has 1 saturated heterocycles. The summed E-state index contributed by atoms with van der Waals surface area (Å²) >= 11 is 0. The minimum absolute atomic E-state index is 0.123. The number of nitriles is 1. The molecule has 20 heavy (non-hydrogen) atoms. The summed E-state index contributed by atoms with van der Waals surface area (Å²) in [5.41, 5.74) is 1.71. The molecule has 1 aliphatic rings. The fraction of sp³-hybridized carbons (Fsp3) is 0.600. The molecule has 0 aliphatic carbocycles. The van der Waals surface area contributed by atoms with E-state index in [4.69, 9.17) is 4.74 Å². The Bertz CT molecular complexity index is 484. The Morgan fingerprint density at radius 3 is 2.90 bits per heavy atom. The molecule has 0 aromatic carbocycles. The Morgan fingerprint density at radius 2 is 2.25 bits per heavy atom. The number of aromatic nitrogens is 1. The van der Waals surface area contributed by atoms with Gasteiger partial charge < -0.3 is 15.4 Å². The Balaban J connectivity index is 2.10. The van der Waals surface area contributed by atoms with Crippen molar-refractivity contribution in [1.29, 1.82) is 5.26 Å². The third-order valence-corrected chi connectivity index (χ3v) is 4.02. The normalized spacial score (nSPS) is 17.4. The van der Waals surface area contributed by atoms with E-state index in [2.05, 4.69) is 21.7 Å². The summed E-state index contributed by atoms with van der Waals surface area (Å²) in [5, 5.41) is 16.0. The van der Waals surface area contributed by atoms with E-state index in [9.17, 15) is 5.26 Å². The zero-order valence-electron chi connectivity index (χ0n) is 12.2. The van der Waals surface area contributed by atoms with Crippen molar-refractivity contribution in [1.82, 2.24) is 10.3 Å². The third kappa shape index (κ3) is 3.27. The van der Waals surface area contributed by atoms with Gasteiger partial charge in [0.05, 0.1) is 12.2 Å². The van der Waals surface area contributed by atoms with Crippen molar-refractivity contribution in [3.63, 3.8) is 0 Å². The van der Waals surface area contributed by atoms with Crippen LogP contribution in [0.15, 0.2) is 12.3 Å². The van der Waals surface area contributed by atoms with Crippen molar-refractivity contribution in [2.45, 2.75) is 19.8 Å². The number of hydrogen-bond acceptors (Lipinski definition) is 5. The molecule has 5 heteroatoms. The lowest BCUT2D eigenvalue weighted by Crippen LogP contribution is -2.44. The van der Waals surface area contributed by atoms with Gasteiger partial charge in [-0.15, -0.1) is 0 Å². The zero-order chi connectivity index (χ0) is 14.4. The quantitative estimate of drug-likeness (QED) is 0.855. The number of anilines is 1. The van der Waals surface area contributed by atoms with Crippen molar-refractivity contribution in [2.75, 3.05) is 38.7 Å². The first-order valence-electron chi connectivity index (χ1n) is 7.00. The van der Waals surface area contributed by atoms with E-state index < -0.39 is 0 Å². The molecule has 1 fully saturated rings. The van der Waals surface area contributed by atoms with E-state index in [1.807, 2.05) is 13.0 Å². The highest BCUT2D eigenvalue weighted by Crippen LogP contribution is 2.30. The van der Waals surface area contributed by atoms with Gasteiger partial charge in [-0.2, -0.15) is 5.26 Å². The van der Waals surface area contributed by atoms with Gasteiger partial charge in [-0.3, -0.25) is 0 Å². The number of nitrogens with one attached hydrogen (secondary N) is 2. The second-order valence-electron chi connectivity index (χ2n) is 5.50. The molecular formula is C15H22N4O. The number of methoxy groups -OCH3 is 1. The number of rotatable bonds is 5. The maximum Gasteiger partial charge on any atom is 0.144 e. The van der Waals surface area contributed by atoms with Gasteiger partial charge in [0, 0.05) is 25.3 Å². The van der Waals surface area contributed by atoms with Crippen LogP contribution in [0.3, 0.4) is 0 Å². The number of piperidine rings is 1. The molecule has 5 nitrogen and oxygen atoms in total. The summed E-state index contributed by atoms with van der Waals surface area (Å²) in [6.45, 7) is 5.47. The Hall–Kier alpha value is -1.64. The minimum Gasteiger partial charge on any atom is -0.384 e. The number of pyridine rings is 1. The largest absolute Gasteiger partial charge is 0.384 e. The molecule has 1 aromatic rings. The molecule has 0 unspecified atom stereocenters. The van der Waals surface area contributed by atoms with Gasteiger partial charge >= 0.3 is 0 Å². The van der Waals surface area contributed by atoms with Crippen LogP contribution in [0.25, 0.3) is 0 Å². The van der Waals surface area contributed by atoms with Gasteiger partial charge in [-0.05, 0) is 44.5 Å². The van der Waals surface area contributed by atoms with Crippen LogP contribution in [0, 0.1) is 23.7 Å². The van der Waals surface area contributed by atoms with E-state index >= 15 is 0 Å². The van der Waals surface area contributed by atoms with Crippen LogP contribution < -0.4 is 10.6 Å². The van der Waals surface area contributed by atoms with Crippen LogP contribution in [0.1, 0.15) is 24.0 Å². The van der Waals surface area contributed by atoms with Crippen LogP contribution in [-0.4, -0.2) is 38.3 Å². The fourth-order valence-electron chi connectivity index (χ4n) is 2.74. The second-order valence-corrected chi connectivity index (χ2v) is 5.50. The molecule has 0 bridgehead atoms. The number of nitrogens with zero attached hydrogens (tertiary/aromatic N) is 2. The number of aryl methyl sites for hydroxylation is 1. The first kappa shape index (κ1) is 14.8. The first-order chi connectivity index (χ1) is 9.71. The molecule has 1 aliphatic heterocycles. The molecule has 108 valence electrons. The van der Waals surface area contributed by atoms with Crippen LogP contribution in [0.4, 0.5) is 5.82 Å². The highest BCUT2D eigenvalue weighted by molar-refractivity contribution is 5.55. The van der Waals surface area contributed by atoms with Gasteiger partial charge in [0.25, 0.3) is 0 Å². The van der Waals surface area contributed by atoms with Crippen molar-refractivity contribution in [2.24, 2.45) is 5.41 Å². The smallest absolute Gasteiger partial charge is 0.144 e. The monoisotopic (exact) mass is 274 g/mol. The molecule has 2 heterocycles. The lowest BCUT2D eigenvalue weighted by atomic mass is 9.79. The van der Waals surface area contributed by atoms with Gasteiger partial charge in [-0.1, -0.05) is 0 Å². The number of hydrogen-bond donors (Lipinski definition) is 2. The fourth-order valence-corrected chi connectivity index (χ4v) is 2.74. The highest BCUT2D eigenvalue weighted by atomic mass is 16.5. The van der Waals surface area contributed by atoms with E-state index in [0.29, 0.717) is 11.4 Å². The van der Waals surface area contributed by atoms with Crippen molar-refractivity contribution in [3.05, 3.63) is 23.4 Å². The van der Waals surface area contributed by atoms with Crippen molar-refractivity contribution >= 4 is 5.82 Å². The van der Waals surface area contributed by atoms with Gasteiger partial charge in [0.15, 0.2) is 0 Å². The molecule has 2 rings (SSSR count). The molecule has 0 radical (unpaired) electrons. The molecular weight excluding hydrogens is 252 g/mol. The van der Waals surface area contributed by atoms with Crippen LogP contribution in [-0.2, 0) is 4.74 Å².